The topological polar surface area (TPSA) is 0 Å². The predicted molar refractivity (Wildman–Crippen MR) is 56.1 cm³/mol. The lowest BCUT2D eigenvalue weighted by Gasteiger charge is -2.01. The highest BCUT2D eigenvalue weighted by Gasteiger charge is 1.96. The standard InChI is InChI=1S/C11H8Br/c1-8-6-10(12)7-9-4-2-3-5-11(8)9/h2-7H,1H2. The van der Waals surface area contributed by atoms with Gasteiger partial charge in [0.05, 0.1) is 0 Å². The Morgan fingerprint density at radius 1 is 1.08 bits per heavy atom. The van der Waals surface area contributed by atoms with E-state index in [9.17, 15) is 0 Å². The Balaban J connectivity index is 2.89. The van der Waals surface area contributed by atoms with Gasteiger partial charge in [-0.3, -0.25) is 0 Å². The van der Waals surface area contributed by atoms with Crippen LogP contribution in [-0.2, 0) is 0 Å². The largest absolute Gasteiger partial charge is 0.0616 e. The summed E-state index contributed by atoms with van der Waals surface area (Å²) < 4.78 is 1.09. The third kappa shape index (κ3) is 1.25. The molecule has 0 aliphatic heterocycles. The molecule has 12 heavy (non-hydrogen) atoms. The summed E-state index contributed by atoms with van der Waals surface area (Å²) in [6.07, 6.45) is 0. The molecule has 0 unspecified atom stereocenters. The maximum Gasteiger partial charge on any atom is 0.0184 e. The van der Waals surface area contributed by atoms with Crippen molar-refractivity contribution in [3.8, 4) is 0 Å². The molecule has 0 spiro atoms. The molecule has 2 aromatic carbocycles. The molecule has 2 aromatic rings. The second-order valence-electron chi connectivity index (χ2n) is 2.79. The third-order valence-electron chi connectivity index (χ3n) is 1.91. The first-order valence-corrected chi connectivity index (χ1v) is 4.57. The van der Waals surface area contributed by atoms with Gasteiger partial charge in [0.2, 0.25) is 0 Å². The van der Waals surface area contributed by atoms with Crippen molar-refractivity contribution in [3.63, 3.8) is 0 Å². The van der Waals surface area contributed by atoms with Gasteiger partial charge in [0.25, 0.3) is 0 Å². The van der Waals surface area contributed by atoms with Crippen LogP contribution in [0.2, 0.25) is 0 Å². The Bertz CT molecular complexity index is 418. The lowest BCUT2D eigenvalue weighted by Crippen LogP contribution is -1.77. The van der Waals surface area contributed by atoms with Gasteiger partial charge in [-0.05, 0) is 35.4 Å². The van der Waals surface area contributed by atoms with Crippen LogP contribution in [0.1, 0.15) is 5.56 Å². The van der Waals surface area contributed by atoms with Crippen LogP contribution >= 0.6 is 15.9 Å². The van der Waals surface area contributed by atoms with E-state index in [-0.39, 0.29) is 0 Å². The van der Waals surface area contributed by atoms with Gasteiger partial charge in [0, 0.05) is 4.47 Å². The van der Waals surface area contributed by atoms with E-state index in [2.05, 4.69) is 41.1 Å². The fourth-order valence-electron chi connectivity index (χ4n) is 1.35. The highest BCUT2D eigenvalue weighted by atomic mass is 79.9. The predicted octanol–water partition coefficient (Wildman–Crippen LogP) is 3.78. The number of hydrogen-bond donors (Lipinski definition) is 0. The van der Waals surface area contributed by atoms with Crippen LogP contribution in [0.4, 0.5) is 0 Å². The Hall–Kier alpha value is -0.820. The number of benzene rings is 2. The van der Waals surface area contributed by atoms with Crippen molar-refractivity contribution < 1.29 is 0 Å². The van der Waals surface area contributed by atoms with E-state index in [4.69, 9.17) is 0 Å². The lowest BCUT2D eigenvalue weighted by atomic mass is 10.1. The summed E-state index contributed by atoms with van der Waals surface area (Å²) in [6, 6.07) is 12.4. The molecule has 0 amide bonds. The zero-order valence-electron chi connectivity index (χ0n) is 6.55. The number of rotatable bonds is 0. The van der Waals surface area contributed by atoms with Crippen LogP contribution in [0.3, 0.4) is 0 Å². The minimum Gasteiger partial charge on any atom is -0.0616 e. The van der Waals surface area contributed by atoms with Crippen LogP contribution in [0, 0.1) is 6.92 Å². The normalized spacial score (nSPS) is 10.5. The second kappa shape index (κ2) is 2.91. The van der Waals surface area contributed by atoms with Crippen LogP contribution in [0.15, 0.2) is 40.9 Å². The van der Waals surface area contributed by atoms with Gasteiger partial charge in [-0.25, -0.2) is 0 Å². The molecule has 59 valence electrons. The molecule has 0 heterocycles. The van der Waals surface area contributed by atoms with Crippen LogP contribution in [-0.4, -0.2) is 0 Å². The quantitative estimate of drug-likeness (QED) is 0.633. The Kier molecular flexibility index (Phi) is 1.89. The molecule has 0 aromatic heterocycles. The lowest BCUT2D eigenvalue weighted by molar-refractivity contribution is 1.63. The summed E-state index contributed by atoms with van der Waals surface area (Å²) in [5.41, 5.74) is 1.07. The van der Waals surface area contributed by atoms with E-state index in [1.165, 1.54) is 10.8 Å². The molecule has 0 N–H and O–H groups in total. The van der Waals surface area contributed by atoms with E-state index < -0.39 is 0 Å². The van der Waals surface area contributed by atoms with Gasteiger partial charge in [0.1, 0.15) is 0 Å². The third-order valence-corrected chi connectivity index (χ3v) is 2.37. The van der Waals surface area contributed by atoms with Crippen molar-refractivity contribution in [2.75, 3.05) is 0 Å². The van der Waals surface area contributed by atoms with Gasteiger partial charge >= 0.3 is 0 Å². The van der Waals surface area contributed by atoms with Crippen LogP contribution in [0.25, 0.3) is 10.8 Å². The molecule has 1 radical (unpaired) electrons. The average molecular weight is 220 g/mol. The van der Waals surface area contributed by atoms with Crippen molar-refractivity contribution >= 4 is 26.7 Å². The van der Waals surface area contributed by atoms with E-state index in [1.807, 2.05) is 18.2 Å². The zero-order valence-corrected chi connectivity index (χ0v) is 8.14. The first-order valence-electron chi connectivity index (χ1n) is 3.77. The minimum absolute atomic E-state index is 1.07. The summed E-state index contributed by atoms with van der Waals surface area (Å²) in [4.78, 5) is 0. The Labute approximate surface area is 80.3 Å². The molecule has 0 bridgehead atoms. The second-order valence-corrected chi connectivity index (χ2v) is 3.70. The van der Waals surface area contributed by atoms with Gasteiger partial charge in [-0.2, -0.15) is 0 Å². The number of halogens is 1. The molecular formula is C11H8Br. The highest BCUT2D eigenvalue weighted by molar-refractivity contribution is 9.10. The molecule has 0 saturated carbocycles. The maximum absolute atomic E-state index is 3.98. The fraction of sp³-hybridized carbons (Fsp3) is 0. The smallest absolute Gasteiger partial charge is 0.0184 e. The summed E-state index contributed by atoms with van der Waals surface area (Å²) >= 11 is 3.44. The molecule has 0 saturated heterocycles. The molecule has 0 fully saturated rings. The van der Waals surface area contributed by atoms with Crippen molar-refractivity contribution in [2.24, 2.45) is 0 Å². The van der Waals surface area contributed by atoms with Crippen LogP contribution in [0.5, 0.6) is 0 Å². The molecular weight excluding hydrogens is 212 g/mol. The van der Waals surface area contributed by atoms with Gasteiger partial charge in [0.15, 0.2) is 0 Å². The van der Waals surface area contributed by atoms with Crippen molar-refractivity contribution in [1.29, 1.82) is 0 Å². The molecule has 0 nitrogen and oxygen atoms in total. The van der Waals surface area contributed by atoms with E-state index in [1.54, 1.807) is 0 Å². The van der Waals surface area contributed by atoms with Gasteiger partial charge in [-0.15, -0.1) is 0 Å². The van der Waals surface area contributed by atoms with Gasteiger partial charge in [-0.1, -0.05) is 40.2 Å². The number of fused-ring (bicyclic) bond motifs is 1. The molecule has 2 rings (SSSR count). The van der Waals surface area contributed by atoms with Gasteiger partial charge < -0.3 is 0 Å². The summed E-state index contributed by atoms with van der Waals surface area (Å²) in [6.45, 7) is 3.98. The first-order chi connectivity index (χ1) is 5.77. The molecule has 0 aliphatic rings. The van der Waals surface area contributed by atoms with E-state index in [0.717, 1.165) is 10.0 Å². The highest BCUT2D eigenvalue weighted by Crippen LogP contribution is 2.23. The minimum atomic E-state index is 1.07. The first kappa shape index (κ1) is 7.81. The van der Waals surface area contributed by atoms with E-state index >= 15 is 0 Å². The Morgan fingerprint density at radius 3 is 2.67 bits per heavy atom. The zero-order chi connectivity index (χ0) is 8.55. The van der Waals surface area contributed by atoms with Crippen molar-refractivity contribution in [1.82, 2.24) is 0 Å². The average Bonchev–Trinajstić information content (AvgIpc) is 2.04. The summed E-state index contributed by atoms with van der Waals surface area (Å²) in [5.74, 6) is 0. The monoisotopic (exact) mass is 219 g/mol. The number of hydrogen-bond acceptors (Lipinski definition) is 0. The molecule has 1 heteroatoms. The summed E-state index contributed by atoms with van der Waals surface area (Å²) in [7, 11) is 0. The maximum atomic E-state index is 3.98. The van der Waals surface area contributed by atoms with E-state index in [0.29, 0.717) is 0 Å². The summed E-state index contributed by atoms with van der Waals surface area (Å²) in [5, 5.41) is 2.46. The van der Waals surface area contributed by atoms with Crippen molar-refractivity contribution in [3.05, 3.63) is 53.4 Å². The SMILES string of the molecule is [CH2]c1cc(Br)cc2ccccc12. The van der Waals surface area contributed by atoms with Crippen LogP contribution < -0.4 is 0 Å². The molecule has 0 atom stereocenters. The molecule has 0 aliphatic carbocycles. The Morgan fingerprint density at radius 2 is 1.83 bits per heavy atom. The fourth-order valence-corrected chi connectivity index (χ4v) is 1.87. The van der Waals surface area contributed by atoms with Crippen molar-refractivity contribution in [2.45, 2.75) is 0 Å².